The van der Waals surface area contributed by atoms with Crippen molar-refractivity contribution >= 4 is 54.5 Å². The second-order valence-electron chi connectivity index (χ2n) is 12.2. The van der Waals surface area contributed by atoms with E-state index >= 15 is 0 Å². The van der Waals surface area contributed by atoms with Crippen LogP contribution in [0.1, 0.15) is 0 Å². The highest BCUT2D eigenvalue weighted by molar-refractivity contribution is 6.20. The van der Waals surface area contributed by atoms with E-state index in [9.17, 15) is 0 Å². The van der Waals surface area contributed by atoms with Crippen molar-refractivity contribution in [2.24, 2.45) is 0 Å². The lowest BCUT2D eigenvalue weighted by Crippen LogP contribution is -1.95. The van der Waals surface area contributed by atoms with Crippen molar-refractivity contribution in [2.75, 3.05) is 0 Å². The Hall–Kier alpha value is -6.32. The molecule has 3 nitrogen and oxygen atoms in total. The molecule has 0 saturated heterocycles. The Bertz CT molecular complexity index is 2700. The van der Waals surface area contributed by atoms with Crippen molar-refractivity contribution in [1.29, 1.82) is 0 Å². The second kappa shape index (κ2) is 10.1. The first-order valence-corrected chi connectivity index (χ1v) is 16.1. The van der Waals surface area contributed by atoms with Crippen molar-refractivity contribution in [3.8, 4) is 28.2 Å². The van der Waals surface area contributed by atoms with Crippen molar-refractivity contribution in [2.45, 2.75) is 0 Å². The van der Waals surface area contributed by atoms with Gasteiger partial charge in [0.15, 0.2) is 0 Å². The summed E-state index contributed by atoms with van der Waals surface area (Å²) in [6, 6.07) is 61.4. The summed E-state index contributed by atoms with van der Waals surface area (Å²) >= 11 is 0. The molecule has 0 N–H and O–H groups in total. The molecule has 0 fully saturated rings. The third-order valence-corrected chi connectivity index (χ3v) is 9.69. The van der Waals surface area contributed by atoms with Gasteiger partial charge in [-0.1, -0.05) is 103 Å². The molecule has 10 aromatic rings. The van der Waals surface area contributed by atoms with Gasteiger partial charge in [0.1, 0.15) is 0 Å². The first-order chi connectivity index (χ1) is 23.3. The molecule has 10 rings (SSSR count). The van der Waals surface area contributed by atoms with E-state index in [0.29, 0.717) is 0 Å². The minimum absolute atomic E-state index is 1.15. The quantitative estimate of drug-likeness (QED) is 0.191. The Morgan fingerprint density at radius 3 is 1.40 bits per heavy atom. The Morgan fingerprint density at radius 1 is 0.319 bits per heavy atom. The van der Waals surface area contributed by atoms with Gasteiger partial charge in [-0.05, 0) is 77.9 Å². The molecule has 0 aliphatic carbocycles. The van der Waals surface area contributed by atoms with E-state index in [0.717, 1.165) is 5.69 Å². The van der Waals surface area contributed by atoms with Gasteiger partial charge in [0.05, 0.1) is 27.6 Å². The summed E-state index contributed by atoms with van der Waals surface area (Å²) in [7, 11) is 0. The van der Waals surface area contributed by atoms with E-state index in [2.05, 4.69) is 190 Å². The summed E-state index contributed by atoms with van der Waals surface area (Å²) in [5.74, 6) is 0. The predicted molar refractivity (Wildman–Crippen MR) is 197 cm³/mol. The zero-order valence-electron chi connectivity index (χ0n) is 25.6. The molecule has 0 saturated carbocycles. The molecule has 0 radical (unpaired) electrons. The Kier molecular flexibility index (Phi) is 5.57. The number of hydrogen-bond donors (Lipinski definition) is 0. The standard InChI is InChI=1S/C44H29N3/c1-2-10-33(11-3-1)45-29-28-32-22-27-42-43(44(32)45)38-14-6-9-17-41(38)47(42)35-25-20-31(21-26-35)30-18-23-34(24-19-30)46-39-15-7-4-12-36(39)37-13-5-8-16-40(37)46/h1-29H. The van der Waals surface area contributed by atoms with Crippen LogP contribution in [0.4, 0.5) is 0 Å². The van der Waals surface area contributed by atoms with Crippen LogP contribution in [0.25, 0.3) is 82.7 Å². The van der Waals surface area contributed by atoms with Crippen LogP contribution in [0.5, 0.6) is 0 Å². The molecule has 0 atom stereocenters. The normalized spacial score (nSPS) is 11.8. The Morgan fingerprint density at radius 2 is 0.809 bits per heavy atom. The van der Waals surface area contributed by atoms with Gasteiger partial charge in [-0.3, -0.25) is 0 Å². The number of fused-ring (bicyclic) bond motifs is 8. The second-order valence-corrected chi connectivity index (χ2v) is 12.2. The van der Waals surface area contributed by atoms with Crippen LogP contribution < -0.4 is 0 Å². The fourth-order valence-electron chi connectivity index (χ4n) is 7.57. The zero-order chi connectivity index (χ0) is 30.9. The third-order valence-electron chi connectivity index (χ3n) is 9.69. The smallest absolute Gasteiger partial charge is 0.0628 e. The van der Waals surface area contributed by atoms with Gasteiger partial charge in [0.2, 0.25) is 0 Å². The molecule has 0 bridgehead atoms. The fraction of sp³-hybridized carbons (Fsp3) is 0. The van der Waals surface area contributed by atoms with Crippen LogP contribution in [0.15, 0.2) is 176 Å². The van der Waals surface area contributed by atoms with Gasteiger partial charge in [-0.2, -0.15) is 0 Å². The highest BCUT2D eigenvalue weighted by Crippen LogP contribution is 2.39. The van der Waals surface area contributed by atoms with Gasteiger partial charge < -0.3 is 13.7 Å². The van der Waals surface area contributed by atoms with Crippen LogP contribution >= 0.6 is 0 Å². The van der Waals surface area contributed by atoms with E-state index in [1.807, 2.05) is 0 Å². The lowest BCUT2D eigenvalue weighted by atomic mass is 10.0. The van der Waals surface area contributed by atoms with Gasteiger partial charge in [0, 0.05) is 50.2 Å². The van der Waals surface area contributed by atoms with E-state index in [1.165, 1.54) is 77.0 Å². The van der Waals surface area contributed by atoms with Crippen molar-refractivity contribution in [3.05, 3.63) is 176 Å². The molecule has 0 unspecified atom stereocenters. The van der Waals surface area contributed by atoms with Crippen molar-refractivity contribution in [3.63, 3.8) is 0 Å². The molecule has 0 aliphatic rings. The van der Waals surface area contributed by atoms with Crippen LogP contribution in [0.3, 0.4) is 0 Å². The number of benzene rings is 7. The van der Waals surface area contributed by atoms with Crippen LogP contribution in [0, 0.1) is 0 Å². The predicted octanol–water partition coefficient (Wildman–Crippen LogP) is 11.5. The molecular formula is C44H29N3. The highest BCUT2D eigenvalue weighted by atomic mass is 15.0. The molecule has 7 aromatic carbocycles. The van der Waals surface area contributed by atoms with E-state index < -0.39 is 0 Å². The number of aromatic nitrogens is 3. The SMILES string of the molecule is c1ccc(-n2ccc3ccc4c(c5ccccc5n4-c4ccc(-c5ccc(-n6c7ccccc7c7ccccc76)cc5)cc4)c32)cc1. The average molecular weight is 600 g/mol. The minimum atomic E-state index is 1.15. The molecule has 220 valence electrons. The van der Waals surface area contributed by atoms with Gasteiger partial charge in [-0.25, -0.2) is 0 Å². The van der Waals surface area contributed by atoms with Gasteiger partial charge in [0.25, 0.3) is 0 Å². The van der Waals surface area contributed by atoms with Gasteiger partial charge in [-0.15, -0.1) is 0 Å². The zero-order valence-corrected chi connectivity index (χ0v) is 25.6. The largest absolute Gasteiger partial charge is 0.316 e. The van der Waals surface area contributed by atoms with E-state index in [-0.39, 0.29) is 0 Å². The summed E-state index contributed by atoms with van der Waals surface area (Å²) in [5, 5.41) is 6.33. The van der Waals surface area contributed by atoms with E-state index in [4.69, 9.17) is 0 Å². The van der Waals surface area contributed by atoms with Crippen molar-refractivity contribution in [1.82, 2.24) is 13.7 Å². The van der Waals surface area contributed by atoms with Crippen molar-refractivity contribution < 1.29 is 0 Å². The maximum absolute atomic E-state index is 2.40. The third kappa shape index (κ3) is 3.87. The maximum Gasteiger partial charge on any atom is 0.0628 e. The number of nitrogens with zero attached hydrogens (tertiary/aromatic N) is 3. The number of para-hydroxylation sites is 4. The Labute approximate surface area is 271 Å². The first-order valence-electron chi connectivity index (χ1n) is 16.1. The van der Waals surface area contributed by atoms with Crippen LogP contribution in [-0.4, -0.2) is 13.7 Å². The molecule has 47 heavy (non-hydrogen) atoms. The molecule has 0 aliphatic heterocycles. The molecule has 0 spiro atoms. The topological polar surface area (TPSA) is 14.8 Å². The fourth-order valence-corrected chi connectivity index (χ4v) is 7.57. The summed E-state index contributed by atoms with van der Waals surface area (Å²) in [5.41, 5.74) is 12.0. The molecule has 3 heterocycles. The average Bonchev–Trinajstić information content (AvgIpc) is 3.82. The molecule has 3 heteroatoms. The molecular weight excluding hydrogens is 571 g/mol. The number of hydrogen-bond acceptors (Lipinski definition) is 0. The number of rotatable bonds is 4. The minimum Gasteiger partial charge on any atom is -0.316 e. The van der Waals surface area contributed by atoms with Crippen LogP contribution in [-0.2, 0) is 0 Å². The van der Waals surface area contributed by atoms with E-state index in [1.54, 1.807) is 0 Å². The van der Waals surface area contributed by atoms with Gasteiger partial charge >= 0.3 is 0 Å². The lowest BCUT2D eigenvalue weighted by Gasteiger charge is -2.11. The lowest BCUT2D eigenvalue weighted by molar-refractivity contribution is 1.13. The summed E-state index contributed by atoms with van der Waals surface area (Å²) in [6.07, 6.45) is 2.19. The molecule has 3 aromatic heterocycles. The molecule has 0 amide bonds. The summed E-state index contributed by atoms with van der Waals surface area (Å²) in [4.78, 5) is 0. The first kappa shape index (κ1) is 26.0. The highest BCUT2D eigenvalue weighted by Gasteiger charge is 2.18. The monoisotopic (exact) mass is 599 g/mol. The summed E-state index contributed by atoms with van der Waals surface area (Å²) < 4.78 is 7.09. The Balaban J connectivity index is 1.07. The van der Waals surface area contributed by atoms with Crippen LogP contribution in [0.2, 0.25) is 0 Å². The maximum atomic E-state index is 2.40. The summed E-state index contributed by atoms with van der Waals surface area (Å²) in [6.45, 7) is 0.